The van der Waals surface area contributed by atoms with Gasteiger partial charge in [0.15, 0.2) is 0 Å². The standard InChI is InChI=1S/C23H30ClN5O/c1-14-13-25-23(28-21(14)29(2)3)27-18-9-7-17(8-10-18)26-22(30)20-12-19(20)15-5-4-6-16(24)11-15/h4-6,11,13,17-20H,7-10,12H2,1-3H3,(H,26,30)(H,25,27,28)/t17?,18?,19-,20-/m1/s1. The van der Waals surface area contributed by atoms with Gasteiger partial charge in [0.05, 0.1) is 0 Å². The summed E-state index contributed by atoms with van der Waals surface area (Å²) in [7, 11) is 3.98. The number of hydrogen-bond acceptors (Lipinski definition) is 5. The zero-order valence-corrected chi connectivity index (χ0v) is 18.6. The van der Waals surface area contributed by atoms with Crippen LogP contribution in [0.4, 0.5) is 11.8 Å². The number of rotatable bonds is 6. The number of carbonyl (C=O) groups is 1. The number of nitrogens with zero attached hydrogens (tertiary/aromatic N) is 3. The second kappa shape index (κ2) is 8.80. The van der Waals surface area contributed by atoms with Gasteiger partial charge < -0.3 is 15.5 Å². The highest BCUT2D eigenvalue weighted by molar-refractivity contribution is 6.30. The molecule has 4 rings (SSSR count). The molecule has 1 aromatic heterocycles. The molecule has 160 valence electrons. The first kappa shape index (κ1) is 20.9. The van der Waals surface area contributed by atoms with Crippen molar-refractivity contribution >= 4 is 29.3 Å². The fraction of sp³-hybridized carbons (Fsp3) is 0.522. The van der Waals surface area contributed by atoms with E-state index in [1.807, 2.05) is 50.3 Å². The molecule has 1 heterocycles. The summed E-state index contributed by atoms with van der Waals surface area (Å²) in [5.74, 6) is 2.20. The monoisotopic (exact) mass is 427 g/mol. The molecule has 0 unspecified atom stereocenters. The number of aryl methyl sites for hydroxylation is 1. The van der Waals surface area contributed by atoms with Crippen LogP contribution in [-0.4, -0.2) is 42.1 Å². The molecule has 2 atom stereocenters. The van der Waals surface area contributed by atoms with Crippen molar-refractivity contribution in [3.63, 3.8) is 0 Å². The average molecular weight is 428 g/mol. The number of carbonyl (C=O) groups excluding carboxylic acids is 1. The molecule has 0 bridgehead atoms. The van der Waals surface area contributed by atoms with Crippen molar-refractivity contribution < 1.29 is 4.79 Å². The molecular weight excluding hydrogens is 398 g/mol. The predicted octanol–water partition coefficient (Wildman–Crippen LogP) is 4.15. The van der Waals surface area contributed by atoms with E-state index in [0.717, 1.165) is 48.5 Å². The Balaban J connectivity index is 1.24. The van der Waals surface area contributed by atoms with Crippen LogP contribution < -0.4 is 15.5 Å². The van der Waals surface area contributed by atoms with Crippen LogP contribution in [0.3, 0.4) is 0 Å². The first-order chi connectivity index (χ1) is 14.4. The summed E-state index contributed by atoms with van der Waals surface area (Å²) in [6.45, 7) is 2.02. The third-order valence-corrected chi connectivity index (χ3v) is 6.41. The summed E-state index contributed by atoms with van der Waals surface area (Å²) in [6, 6.07) is 8.47. The highest BCUT2D eigenvalue weighted by atomic mass is 35.5. The molecule has 30 heavy (non-hydrogen) atoms. The van der Waals surface area contributed by atoms with E-state index in [0.29, 0.717) is 17.9 Å². The second-order valence-corrected chi connectivity index (χ2v) is 9.24. The van der Waals surface area contributed by atoms with Crippen molar-refractivity contribution in [2.45, 2.75) is 57.0 Å². The Morgan fingerprint density at radius 2 is 1.90 bits per heavy atom. The topological polar surface area (TPSA) is 70.1 Å². The summed E-state index contributed by atoms with van der Waals surface area (Å²) in [5.41, 5.74) is 2.24. The third-order valence-electron chi connectivity index (χ3n) is 6.18. The average Bonchev–Trinajstić information content (AvgIpc) is 3.52. The van der Waals surface area contributed by atoms with Crippen molar-refractivity contribution in [1.29, 1.82) is 0 Å². The van der Waals surface area contributed by atoms with Gasteiger partial charge in [-0.15, -0.1) is 0 Å². The van der Waals surface area contributed by atoms with Gasteiger partial charge in [0.1, 0.15) is 5.82 Å². The molecule has 6 nitrogen and oxygen atoms in total. The minimum Gasteiger partial charge on any atom is -0.362 e. The fourth-order valence-electron chi connectivity index (χ4n) is 4.42. The number of nitrogens with one attached hydrogen (secondary N) is 2. The normalized spacial score (nSPS) is 25.5. The minimum atomic E-state index is 0.0877. The summed E-state index contributed by atoms with van der Waals surface area (Å²) in [6.07, 6.45) is 6.74. The van der Waals surface area contributed by atoms with E-state index in [-0.39, 0.29) is 17.9 Å². The number of halogens is 1. The Kier molecular flexibility index (Phi) is 6.14. The van der Waals surface area contributed by atoms with E-state index in [2.05, 4.69) is 26.7 Å². The first-order valence-corrected chi connectivity index (χ1v) is 11.1. The number of hydrogen-bond donors (Lipinski definition) is 2. The van der Waals surface area contributed by atoms with Crippen LogP contribution in [0.2, 0.25) is 5.02 Å². The molecule has 2 aliphatic rings. The fourth-order valence-corrected chi connectivity index (χ4v) is 4.62. The molecule has 2 aromatic rings. The third kappa shape index (κ3) is 4.86. The molecular formula is C23H30ClN5O. The maximum Gasteiger partial charge on any atom is 0.224 e. The van der Waals surface area contributed by atoms with E-state index in [1.165, 1.54) is 5.56 Å². The molecule has 2 N–H and O–H groups in total. The van der Waals surface area contributed by atoms with Crippen LogP contribution in [-0.2, 0) is 4.79 Å². The van der Waals surface area contributed by atoms with Crippen LogP contribution in [0, 0.1) is 12.8 Å². The van der Waals surface area contributed by atoms with Crippen molar-refractivity contribution in [2.24, 2.45) is 5.92 Å². The zero-order chi connectivity index (χ0) is 21.3. The largest absolute Gasteiger partial charge is 0.362 e. The summed E-state index contributed by atoms with van der Waals surface area (Å²) in [5, 5.41) is 7.48. The quantitative estimate of drug-likeness (QED) is 0.724. The Morgan fingerprint density at radius 1 is 1.17 bits per heavy atom. The van der Waals surface area contributed by atoms with E-state index >= 15 is 0 Å². The van der Waals surface area contributed by atoms with Gasteiger partial charge in [-0.05, 0) is 62.6 Å². The van der Waals surface area contributed by atoms with Gasteiger partial charge in [0, 0.05) is 48.9 Å². The van der Waals surface area contributed by atoms with Crippen molar-refractivity contribution in [3.8, 4) is 0 Å². The van der Waals surface area contributed by atoms with Gasteiger partial charge in [0.2, 0.25) is 11.9 Å². The SMILES string of the molecule is Cc1cnc(NC2CCC(NC(=O)[C@@H]3C[C@@H]3c3cccc(Cl)c3)CC2)nc1N(C)C. The molecule has 0 radical (unpaired) electrons. The first-order valence-electron chi connectivity index (χ1n) is 10.7. The highest BCUT2D eigenvalue weighted by Gasteiger charge is 2.44. The molecule has 1 aromatic carbocycles. The molecule has 2 aliphatic carbocycles. The van der Waals surface area contributed by atoms with E-state index in [1.54, 1.807) is 0 Å². The predicted molar refractivity (Wildman–Crippen MR) is 121 cm³/mol. The molecule has 7 heteroatoms. The highest BCUT2D eigenvalue weighted by Crippen LogP contribution is 2.48. The zero-order valence-electron chi connectivity index (χ0n) is 17.9. The van der Waals surface area contributed by atoms with Gasteiger partial charge >= 0.3 is 0 Å². The molecule has 0 saturated heterocycles. The van der Waals surface area contributed by atoms with Gasteiger partial charge in [0.25, 0.3) is 0 Å². The van der Waals surface area contributed by atoms with Crippen LogP contribution in [0.25, 0.3) is 0 Å². The lowest BCUT2D eigenvalue weighted by atomic mass is 9.91. The lowest BCUT2D eigenvalue weighted by Crippen LogP contribution is -2.41. The number of benzene rings is 1. The maximum absolute atomic E-state index is 12.7. The molecule has 1 amide bonds. The summed E-state index contributed by atoms with van der Waals surface area (Å²) < 4.78 is 0. The minimum absolute atomic E-state index is 0.0877. The molecule has 0 aliphatic heterocycles. The van der Waals surface area contributed by atoms with Crippen LogP contribution in [0.1, 0.15) is 49.1 Å². The van der Waals surface area contributed by atoms with Gasteiger partial charge in [-0.1, -0.05) is 23.7 Å². The maximum atomic E-state index is 12.7. The van der Waals surface area contributed by atoms with E-state index in [4.69, 9.17) is 11.6 Å². The number of aromatic nitrogens is 2. The van der Waals surface area contributed by atoms with Crippen molar-refractivity contribution in [3.05, 3.63) is 46.6 Å². The molecule has 2 fully saturated rings. The Bertz CT molecular complexity index is 910. The number of amides is 1. The van der Waals surface area contributed by atoms with Gasteiger partial charge in [-0.2, -0.15) is 4.98 Å². The van der Waals surface area contributed by atoms with Gasteiger partial charge in [-0.3, -0.25) is 4.79 Å². The lowest BCUT2D eigenvalue weighted by Gasteiger charge is -2.30. The summed E-state index contributed by atoms with van der Waals surface area (Å²) >= 11 is 6.09. The van der Waals surface area contributed by atoms with E-state index in [9.17, 15) is 4.79 Å². The lowest BCUT2D eigenvalue weighted by molar-refractivity contribution is -0.123. The molecule has 2 saturated carbocycles. The Hall–Kier alpha value is -2.34. The summed E-state index contributed by atoms with van der Waals surface area (Å²) in [4.78, 5) is 23.7. The van der Waals surface area contributed by atoms with Crippen molar-refractivity contribution in [1.82, 2.24) is 15.3 Å². The Labute approximate surface area is 183 Å². The van der Waals surface area contributed by atoms with Crippen LogP contribution in [0.15, 0.2) is 30.5 Å². The van der Waals surface area contributed by atoms with Crippen LogP contribution >= 0.6 is 11.6 Å². The van der Waals surface area contributed by atoms with E-state index < -0.39 is 0 Å². The smallest absolute Gasteiger partial charge is 0.224 e. The number of anilines is 2. The second-order valence-electron chi connectivity index (χ2n) is 8.80. The molecule has 0 spiro atoms. The van der Waals surface area contributed by atoms with Crippen LogP contribution in [0.5, 0.6) is 0 Å². The van der Waals surface area contributed by atoms with Crippen molar-refractivity contribution in [2.75, 3.05) is 24.3 Å². The van der Waals surface area contributed by atoms with Gasteiger partial charge in [-0.25, -0.2) is 4.98 Å². The Morgan fingerprint density at radius 3 is 2.60 bits per heavy atom.